The molecule has 10 nitrogen and oxygen atoms in total. The van der Waals surface area contributed by atoms with Crippen LogP contribution in [-0.4, -0.2) is 61.5 Å². The highest BCUT2D eigenvalue weighted by Crippen LogP contribution is 2.47. The molecule has 4 aromatic rings. The molecule has 0 bridgehead atoms. The number of aromatic nitrogens is 1. The molecule has 0 spiro atoms. The molecule has 3 aromatic carbocycles. The zero-order valence-corrected chi connectivity index (χ0v) is 24.1. The van der Waals surface area contributed by atoms with Gasteiger partial charge in [-0.15, -0.1) is 11.8 Å². The lowest BCUT2D eigenvalue weighted by Crippen LogP contribution is -2.66. The Hall–Kier alpha value is -4.62. The number of hydrogen-bond donors (Lipinski definition) is 0. The van der Waals surface area contributed by atoms with E-state index in [1.807, 2.05) is 41.4 Å². The number of thioether (sulfide) groups is 1. The van der Waals surface area contributed by atoms with Gasteiger partial charge < -0.3 is 23.8 Å². The molecule has 3 aliphatic rings. The highest BCUT2D eigenvalue weighted by atomic mass is 32.2. The maximum Gasteiger partial charge on any atom is 0.510 e. The van der Waals surface area contributed by atoms with Gasteiger partial charge in [-0.3, -0.25) is 19.3 Å². The van der Waals surface area contributed by atoms with Crippen molar-refractivity contribution >= 4 is 34.6 Å². The number of amides is 1. The first-order valence-corrected chi connectivity index (χ1v) is 14.8. The van der Waals surface area contributed by atoms with Crippen LogP contribution >= 0.6 is 11.8 Å². The van der Waals surface area contributed by atoms with Crippen molar-refractivity contribution in [3.05, 3.63) is 105 Å². The molecule has 0 saturated carbocycles. The molecular weight excluding hydrogens is 596 g/mol. The smallest absolute Gasteiger partial charge is 0.451 e. The van der Waals surface area contributed by atoms with Gasteiger partial charge >= 0.3 is 6.16 Å². The van der Waals surface area contributed by atoms with Crippen LogP contribution in [0.25, 0.3) is 10.8 Å². The fourth-order valence-electron chi connectivity index (χ4n) is 6.10. The van der Waals surface area contributed by atoms with E-state index in [4.69, 9.17) is 14.2 Å². The van der Waals surface area contributed by atoms with Crippen molar-refractivity contribution in [3.63, 3.8) is 0 Å². The molecule has 44 heavy (non-hydrogen) atoms. The Labute approximate surface area is 253 Å². The number of hydrogen-bond acceptors (Lipinski definition) is 9. The number of fused-ring (bicyclic) bond motifs is 6. The van der Waals surface area contributed by atoms with Crippen molar-refractivity contribution < 1.29 is 37.3 Å². The van der Waals surface area contributed by atoms with Gasteiger partial charge in [0.25, 0.3) is 5.91 Å². The predicted molar refractivity (Wildman–Crippen MR) is 155 cm³/mol. The van der Waals surface area contributed by atoms with Crippen molar-refractivity contribution in [2.45, 2.75) is 22.9 Å². The molecule has 2 atom stereocenters. The van der Waals surface area contributed by atoms with Crippen molar-refractivity contribution in [2.75, 3.05) is 38.7 Å². The number of carbonyl (C=O) groups excluding carboxylic acids is 2. The summed E-state index contributed by atoms with van der Waals surface area (Å²) in [5.41, 5.74) is 0.797. The molecule has 0 aliphatic carbocycles. The van der Waals surface area contributed by atoms with E-state index in [1.165, 1.54) is 28.7 Å². The van der Waals surface area contributed by atoms with Crippen LogP contribution in [0, 0.1) is 11.6 Å². The fraction of sp³-hybridized carbons (Fsp3) is 0.258. The first-order valence-electron chi connectivity index (χ1n) is 13.8. The summed E-state index contributed by atoms with van der Waals surface area (Å²) in [5.74, 6) is -2.55. The highest BCUT2D eigenvalue weighted by molar-refractivity contribution is 7.98. The molecular formula is C31H25F2N3O7S. The average Bonchev–Trinajstić information content (AvgIpc) is 3.21. The Bertz CT molecular complexity index is 1880. The van der Waals surface area contributed by atoms with Gasteiger partial charge in [-0.2, -0.15) is 0 Å². The molecule has 7 rings (SSSR count). The number of rotatable bonds is 4. The maximum atomic E-state index is 15.6. The van der Waals surface area contributed by atoms with Crippen LogP contribution in [0.5, 0.6) is 5.75 Å². The van der Waals surface area contributed by atoms with Crippen LogP contribution in [0.15, 0.2) is 70.5 Å². The second-order valence-corrected chi connectivity index (χ2v) is 11.3. The Morgan fingerprint density at radius 3 is 2.73 bits per heavy atom. The lowest BCUT2D eigenvalue weighted by atomic mass is 9.91. The number of benzene rings is 3. The Kier molecular flexibility index (Phi) is 7.13. The van der Waals surface area contributed by atoms with Crippen molar-refractivity contribution in [1.29, 1.82) is 0 Å². The molecule has 1 amide bonds. The minimum absolute atomic E-state index is 0.104. The van der Waals surface area contributed by atoms with Gasteiger partial charge in [-0.05, 0) is 28.0 Å². The van der Waals surface area contributed by atoms with Crippen LogP contribution in [0.1, 0.15) is 33.2 Å². The molecule has 4 heterocycles. The zero-order valence-electron chi connectivity index (χ0n) is 23.3. The van der Waals surface area contributed by atoms with Gasteiger partial charge in [0.2, 0.25) is 18.0 Å². The van der Waals surface area contributed by atoms with Crippen molar-refractivity contribution in [3.8, 4) is 5.75 Å². The van der Waals surface area contributed by atoms with Gasteiger partial charge in [-0.1, -0.05) is 42.5 Å². The minimum Gasteiger partial charge on any atom is -0.451 e. The number of nitrogens with zero attached hydrogens (tertiary/aromatic N) is 3. The number of halogens is 2. The average molecular weight is 622 g/mol. The molecule has 226 valence electrons. The largest absolute Gasteiger partial charge is 0.510 e. The SMILES string of the molecule is COC(=O)OCOc1c2n(ccc1=O)N(C1c3ccc(F)c(F)c3CSc3c1ccc1ccccc31)C1COCCN1C2=O. The van der Waals surface area contributed by atoms with E-state index in [9.17, 15) is 18.8 Å². The molecule has 1 fully saturated rings. The quantitative estimate of drug-likeness (QED) is 0.240. The van der Waals surface area contributed by atoms with Crippen LogP contribution in [0.3, 0.4) is 0 Å². The second-order valence-electron chi connectivity index (χ2n) is 10.3. The molecule has 13 heteroatoms. The predicted octanol–water partition coefficient (Wildman–Crippen LogP) is 4.54. The van der Waals surface area contributed by atoms with E-state index in [1.54, 1.807) is 11.0 Å². The Morgan fingerprint density at radius 1 is 1.07 bits per heavy atom. The summed E-state index contributed by atoms with van der Waals surface area (Å²) in [5, 5.41) is 3.78. The molecule has 1 saturated heterocycles. The van der Waals surface area contributed by atoms with Crippen LogP contribution in [0.2, 0.25) is 0 Å². The summed E-state index contributed by atoms with van der Waals surface area (Å²) in [6.45, 7) is -0.101. The van der Waals surface area contributed by atoms with Gasteiger partial charge in [0.05, 0.1) is 26.4 Å². The molecule has 1 aromatic heterocycles. The number of morpholine rings is 1. The normalized spacial score (nSPS) is 18.9. The lowest BCUT2D eigenvalue weighted by molar-refractivity contribution is -0.0209. The third-order valence-corrected chi connectivity index (χ3v) is 9.24. The summed E-state index contributed by atoms with van der Waals surface area (Å²) in [4.78, 5) is 41.1. The number of carbonyl (C=O) groups is 2. The van der Waals surface area contributed by atoms with Crippen LogP contribution < -0.4 is 15.2 Å². The fourth-order valence-corrected chi connectivity index (χ4v) is 7.37. The zero-order chi connectivity index (χ0) is 30.5. The van der Waals surface area contributed by atoms with Crippen LogP contribution in [-0.2, 0) is 20.0 Å². The van der Waals surface area contributed by atoms with Crippen molar-refractivity contribution in [1.82, 2.24) is 9.58 Å². The molecule has 0 radical (unpaired) electrons. The number of ether oxygens (including phenoxy) is 4. The summed E-state index contributed by atoms with van der Waals surface area (Å²) >= 11 is 1.42. The Balaban J connectivity index is 1.48. The third kappa shape index (κ3) is 4.46. The molecule has 0 N–H and O–H groups in total. The van der Waals surface area contributed by atoms with Crippen LogP contribution in [0.4, 0.5) is 13.6 Å². The molecule has 2 unspecified atom stereocenters. The highest BCUT2D eigenvalue weighted by Gasteiger charge is 2.46. The summed E-state index contributed by atoms with van der Waals surface area (Å²) < 4.78 is 52.5. The van der Waals surface area contributed by atoms with Gasteiger partial charge in [0.1, 0.15) is 6.17 Å². The van der Waals surface area contributed by atoms with E-state index in [0.717, 1.165) is 34.4 Å². The maximum absolute atomic E-state index is 15.6. The topological polar surface area (TPSA) is 99.5 Å². The van der Waals surface area contributed by atoms with E-state index in [-0.39, 0.29) is 42.5 Å². The first-order chi connectivity index (χ1) is 21.4. The number of pyridine rings is 1. The van der Waals surface area contributed by atoms with E-state index in [0.29, 0.717) is 5.56 Å². The minimum atomic E-state index is -1.03. The number of methoxy groups -OCH3 is 1. The Morgan fingerprint density at radius 2 is 1.89 bits per heavy atom. The van der Waals surface area contributed by atoms with Gasteiger partial charge in [0, 0.05) is 35.0 Å². The van der Waals surface area contributed by atoms with E-state index >= 15 is 4.39 Å². The van der Waals surface area contributed by atoms with E-state index in [2.05, 4.69) is 4.74 Å². The first kappa shape index (κ1) is 28.2. The monoisotopic (exact) mass is 621 g/mol. The third-order valence-electron chi connectivity index (χ3n) is 8.06. The molecule has 3 aliphatic heterocycles. The lowest BCUT2D eigenvalue weighted by Gasteiger charge is -2.51. The van der Waals surface area contributed by atoms with Crippen molar-refractivity contribution in [2.24, 2.45) is 0 Å². The summed E-state index contributed by atoms with van der Waals surface area (Å²) in [6, 6.07) is 14.9. The van der Waals surface area contributed by atoms with Gasteiger partial charge in [-0.25, -0.2) is 13.6 Å². The second kappa shape index (κ2) is 11.1. The summed E-state index contributed by atoms with van der Waals surface area (Å²) in [7, 11) is 1.13. The summed E-state index contributed by atoms with van der Waals surface area (Å²) in [6.07, 6.45) is -0.256. The van der Waals surface area contributed by atoms with Gasteiger partial charge in [0.15, 0.2) is 17.3 Å². The standard InChI is InChI=1S/C31H25F2N3O7S/c1-40-31(39)43-16-42-28-23(37)10-11-35-27(28)30(38)34-12-13-41-14-24(34)36(35)26-19-8-9-22(32)25(33)21(19)15-44-29-18-5-3-2-4-17(18)6-7-20(26)29/h2-11,24,26H,12-16H2,1H3. The van der Waals surface area contributed by atoms with E-state index < -0.39 is 48.1 Å².